The standard InChI is InChI=1S/C15H24N4O/c1-9-7-13(14(15(17)20)11(3)18-9)19-6-4-5-12(8-19)10(2)16/h7,10,12H,4-6,8,16H2,1-3H3,(H2,17,20). The van der Waals surface area contributed by atoms with Crippen LogP contribution in [-0.4, -0.2) is 30.0 Å². The molecule has 1 aliphatic rings. The van der Waals surface area contributed by atoms with E-state index in [1.54, 1.807) is 0 Å². The molecule has 4 N–H and O–H groups in total. The molecule has 0 saturated carbocycles. The molecule has 1 saturated heterocycles. The number of carbonyl (C=O) groups is 1. The minimum atomic E-state index is -0.409. The third-order valence-corrected chi connectivity index (χ3v) is 4.10. The number of nitrogens with zero attached hydrogens (tertiary/aromatic N) is 2. The Hall–Kier alpha value is -1.62. The van der Waals surface area contributed by atoms with Crippen molar-refractivity contribution in [3.8, 4) is 0 Å². The van der Waals surface area contributed by atoms with E-state index in [0.717, 1.165) is 37.3 Å². The van der Waals surface area contributed by atoms with Gasteiger partial charge in [-0.2, -0.15) is 0 Å². The summed E-state index contributed by atoms with van der Waals surface area (Å²) in [4.78, 5) is 18.3. The van der Waals surface area contributed by atoms with Gasteiger partial charge in [-0.15, -0.1) is 0 Å². The highest BCUT2D eigenvalue weighted by molar-refractivity contribution is 5.99. The quantitative estimate of drug-likeness (QED) is 0.873. The van der Waals surface area contributed by atoms with Gasteiger partial charge in [0.25, 0.3) is 5.91 Å². The van der Waals surface area contributed by atoms with E-state index in [1.165, 1.54) is 0 Å². The molecule has 1 aromatic heterocycles. The Morgan fingerprint density at radius 3 is 2.80 bits per heavy atom. The molecular weight excluding hydrogens is 252 g/mol. The number of hydrogen-bond acceptors (Lipinski definition) is 4. The van der Waals surface area contributed by atoms with Crippen molar-refractivity contribution in [2.24, 2.45) is 17.4 Å². The van der Waals surface area contributed by atoms with E-state index < -0.39 is 5.91 Å². The molecule has 0 aromatic carbocycles. The van der Waals surface area contributed by atoms with Crippen LogP contribution in [0.5, 0.6) is 0 Å². The van der Waals surface area contributed by atoms with Crippen LogP contribution in [0.15, 0.2) is 6.07 Å². The molecule has 5 nitrogen and oxygen atoms in total. The lowest BCUT2D eigenvalue weighted by molar-refractivity contribution is 0.0999. The van der Waals surface area contributed by atoms with Crippen molar-refractivity contribution >= 4 is 11.6 Å². The van der Waals surface area contributed by atoms with Gasteiger partial charge in [-0.25, -0.2) is 0 Å². The number of primary amides is 1. The number of pyridine rings is 1. The molecule has 110 valence electrons. The van der Waals surface area contributed by atoms with Crippen molar-refractivity contribution in [1.82, 2.24) is 4.98 Å². The van der Waals surface area contributed by atoms with Gasteiger partial charge in [-0.3, -0.25) is 9.78 Å². The van der Waals surface area contributed by atoms with Gasteiger partial charge in [0.15, 0.2) is 0 Å². The van der Waals surface area contributed by atoms with Crippen molar-refractivity contribution in [1.29, 1.82) is 0 Å². The number of piperidine rings is 1. The molecule has 1 aliphatic heterocycles. The molecular formula is C15H24N4O. The van der Waals surface area contributed by atoms with E-state index >= 15 is 0 Å². The molecule has 0 radical (unpaired) electrons. The molecule has 2 heterocycles. The highest BCUT2D eigenvalue weighted by atomic mass is 16.1. The molecule has 1 aromatic rings. The van der Waals surface area contributed by atoms with Crippen LogP contribution in [0.2, 0.25) is 0 Å². The predicted octanol–water partition coefficient (Wildman–Crippen LogP) is 1.36. The van der Waals surface area contributed by atoms with Gasteiger partial charge in [-0.05, 0) is 45.6 Å². The summed E-state index contributed by atoms with van der Waals surface area (Å²) in [6.45, 7) is 7.64. The molecule has 20 heavy (non-hydrogen) atoms. The van der Waals surface area contributed by atoms with Gasteiger partial charge in [-0.1, -0.05) is 0 Å². The number of hydrogen-bond donors (Lipinski definition) is 2. The fourth-order valence-corrected chi connectivity index (χ4v) is 3.02. The number of aryl methyl sites for hydroxylation is 2. The first-order valence-corrected chi connectivity index (χ1v) is 7.18. The SMILES string of the molecule is Cc1cc(N2CCCC(C(C)N)C2)c(C(N)=O)c(C)n1. The predicted molar refractivity (Wildman–Crippen MR) is 80.8 cm³/mol. The third-order valence-electron chi connectivity index (χ3n) is 4.10. The molecule has 0 aliphatic carbocycles. The van der Waals surface area contributed by atoms with Gasteiger partial charge in [0.1, 0.15) is 0 Å². The Labute approximate surface area is 120 Å². The van der Waals surface area contributed by atoms with Crippen LogP contribution >= 0.6 is 0 Å². The first-order chi connectivity index (χ1) is 9.40. The van der Waals surface area contributed by atoms with E-state index in [2.05, 4.69) is 9.88 Å². The average Bonchev–Trinajstić information content (AvgIpc) is 2.37. The zero-order chi connectivity index (χ0) is 14.9. The number of aromatic nitrogens is 1. The Morgan fingerprint density at radius 1 is 1.50 bits per heavy atom. The minimum absolute atomic E-state index is 0.166. The van der Waals surface area contributed by atoms with Crippen molar-refractivity contribution in [2.75, 3.05) is 18.0 Å². The van der Waals surface area contributed by atoms with Crippen molar-refractivity contribution < 1.29 is 4.79 Å². The van der Waals surface area contributed by atoms with E-state index in [1.807, 2.05) is 26.8 Å². The summed E-state index contributed by atoms with van der Waals surface area (Å²) in [7, 11) is 0. The van der Waals surface area contributed by atoms with E-state index in [9.17, 15) is 4.79 Å². The minimum Gasteiger partial charge on any atom is -0.370 e. The maximum atomic E-state index is 11.7. The summed E-state index contributed by atoms with van der Waals surface area (Å²) in [6, 6.07) is 2.12. The number of anilines is 1. The molecule has 2 rings (SSSR count). The lowest BCUT2D eigenvalue weighted by Crippen LogP contribution is -2.43. The van der Waals surface area contributed by atoms with Gasteiger partial charge in [0.2, 0.25) is 0 Å². The number of carbonyl (C=O) groups excluding carboxylic acids is 1. The number of amides is 1. The molecule has 1 amide bonds. The van der Waals surface area contributed by atoms with E-state index in [4.69, 9.17) is 11.5 Å². The second kappa shape index (κ2) is 5.79. The Morgan fingerprint density at radius 2 is 2.20 bits per heavy atom. The van der Waals surface area contributed by atoms with Gasteiger partial charge in [0, 0.05) is 24.8 Å². The Kier molecular flexibility index (Phi) is 4.28. The summed E-state index contributed by atoms with van der Waals surface area (Å²) in [6.07, 6.45) is 2.23. The Bertz CT molecular complexity index is 513. The molecule has 2 atom stereocenters. The summed E-state index contributed by atoms with van der Waals surface area (Å²) in [5, 5.41) is 0. The third kappa shape index (κ3) is 2.93. The van der Waals surface area contributed by atoms with Crippen LogP contribution in [-0.2, 0) is 0 Å². The maximum Gasteiger partial charge on any atom is 0.252 e. The second-order valence-electron chi connectivity index (χ2n) is 5.81. The van der Waals surface area contributed by atoms with Crippen LogP contribution < -0.4 is 16.4 Å². The highest BCUT2D eigenvalue weighted by Gasteiger charge is 2.26. The first kappa shape index (κ1) is 14.8. The largest absolute Gasteiger partial charge is 0.370 e. The van der Waals surface area contributed by atoms with Crippen LogP contribution in [0.3, 0.4) is 0 Å². The Balaban J connectivity index is 2.38. The molecule has 0 spiro atoms. The second-order valence-corrected chi connectivity index (χ2v) is 5.81. The zero-order valence-electron chi connectivity index (χ0n) is 12.5. The van der Waals surface area contributed by atoms with Gasteiger partial charge >= 0.3 is 0 Å². The van der Waals surface area contributed by atoms with Gasteiger partial charge < -0.3 is 16.4 Å². The summed E-state index contributed by atoms with van der Waals surface area (Å²) >= 11 is 0. The number of nitrogens with two attached hydrogens (primary N) is 2. The van der Waals surface area contributed by atoms with Crippen LogP contribution in [0.25, 0.3) is 0 Å². The van der Waals surface area contributed by atoms with Gasteiger partial charge in [0.05, 0.1) is 16.9 Å². The lowest BCUT2D eigenvalue weighted by atomic mass is 9.91. The molecule has 5 heteroatoms. The average molecular weight is 276 g/mol. The highest BCUT2D eigenvalue weighted by Crippen LogP contribution is 2.29. The van der Waals surface area contributed by atoms with Crippen molar-refractivity contribution in [3.05, 3.63) is 23.0 Å². The van der Waals surface area contributed by atoms with Crippen LogP contribution in [0, 0.1) is 19.8 Å². The fraction of sp³-hybridized carbons (Fsp3) is 0.600. The van der Waals surface area contributed by atoms with Crippen molar-refractivity contribution in [3.63, 3.8) is 0 Å². The maximum absolute atomic E-state index is 11.7. The number of rotatable bonds is 3. The summed E-state index contributed by atoms with van der Waals surface area (Å²) in [5.41, 5.74) is 14.6. The topological polar surface area (TPSA) is 85.2 Å². The zero-order valence-corrected chi connectivity index (χ0v) is 12.5. The van der Waals surface area contributed by atoms with E-state index in [-0.39, 0.29) is 6.04 Å². The smallest absolute Gasteiger partial charge is 0.252 e. The summed E-state index contributed by atoms with van der Waals surface area (Å²) in [5.74, 6) is 0.0474. The molecule has 1 fully saturated rings. The molecule has 0 bridgehead atoms. The fourth-order valence-electron chi connectivity index (χ4n) is 3.02. The van der Waals surface area contributed by atoms with Crippen LogP contribution in [0.4, 0.5) is 5.69 Å². The normalized spacial score (nSPS) is 20.8. The first-order valence-electron chi connectivity index (χ1n) is 7.18. The van der Waals surface area contributed by atoms with Crippen molar-refractivity contribution in [2.45, 2.75) is 39.7 Å². The monoisotopic (exact) mass is 276 g/mol. The van der Waals surface area contributed by atoms with Crippen LogP contribution in [0.1, 0.15) is 41.5 Å². The van der Waals surface area contributed by atoms with E-state index in [0.29, 0.717) is 17.2 Å². The summed E-state index contributed by atoms with van der Waals surface area (Å²) < 4.78 is 0. The molecule has 2 unspecified atom stereocenters. The lowest BCUT2D eigenvalue weighted by Gasteiger charge is -2.37.